The second-order valence-corrected chi connectivity index (χ2v) is 12.2. The van der Waals surface area contributed by atoms with Gasteiger partial charge in [0.15, 0.2) is 0 Å². The zero-order valence-electron chi connectivity index (χ0n) is 23.8. The Morgan fingerprint density at radius 1 is 1.10 bits per heavy atom. The van der Waals surface area contributed by atoms with Gasteiger partial charge in [-0.15, -0.1) is 0 Å². The fourth-order valence-electron chi connectivity index (χ4n) is 5.58. The molecule has 0 unspecified atom stereocenters. The van der Waals surface area contributed by atoms with Crippen LogP contribution < -0.4 is 16.0 Å². The molecule has 1 aromatic heterocycles. The molecule has 3 aromatic carbocycles. The summed E-state index contributed by atoms with van der Waals surface area (Å²) in [6.07, 6.45) is 2.20. The Balaban J connectivity index is 1.36. The predicted molar refractivity (Wildman–Crippen MR) is 168 cm³/mol. The van der Waals surface area contributed by atoms with Crippen LogP contribution in [0.15, 0.2) is 99.6 Å². The van der Waals surface area contributed by atoms with E-state index in [0.29, 0.717) is 40.0 Å². The Hall–Kier alpha value is -3.59. The molecule has 0 bridgehead atoms. The molecule has 1 aliphatic rings. The third-order valence-corrected chi connectivity index (χ3v) is 9.18. The molecule has 2 N–H and O–H groups in total. The van der Waals surface area contributed by atoms with Gasteiger partial charge in [0.2, 0.25) is 5.91 Å². The van der Waals surface area contributed by atoms with E-state index >= 15 is 0 Å². The highest BCUT2D eigenvalue weighted by Crippen LogP contribution is 2.34. The van der Waals surface area contributed by atoms with Crippen LogP contribution in [-0.2, 0) is 11.2 Å². The van der Waals surface area contributed by atoms with Crippen LogP contribution in [0.5, 0.6) is 5.75 Å². The van der Waals surface area contributed by atoms with Crippen molar-refractivity contribution in [2.45, 2.75) is 48.1 Å². The van der Waals surface area contributed by atoms with Gasteiger partial charge in [-0.25, -0.2) is 0 Å². The monoisotopic (exact) mass is 602 g/mol. The molecule has 7 nitrogen and oxygen atoms in total. The van der Waals surface area contributed by atoms with Crippen molar-refractivity contribution in [2.75, 3.05) is 20.2 Å². The number of halogens is 1. The molecule has 1 saturated heterocycles. The molecule has 1 fully saturated rings. The van der Waals surface area contributed by atoms with E-state index in [-0.39, 0.29) is 29.3 Å². The SMILES string of the molecule is COc1ccc(-n2nc(Sc3ccc(Cl)cc3)cc(CC[C@@H](C)N3CC[C@@H](c4ccccc4)[C@H](C(N)=O)C3)c2=O)cc1. The Morgan fingerprint density at radius 3 is 2.48 bits per heavy atom. The number of rotatable bonds is 10. The summed E-state index contributed by atoms with van der Waals surface area (Å²) in [7, 11) is 1.61. The van der Waals surface area contributed by atoms with Crippen LogP contribution in [0.3, 0.4) is 0 Å². The number of nitrogens with two attached hydrogens (primary N) is 1. The van der Waals surface area contributed by atoms with Gasteiger partial charge < -0.3 is 10.5 Å². The second kappa shape index (κ2) is 13.6. The fourth-order valence-corrected chi connectivity index (χ4v) is 6.55. The van der Waals surface area contributed by atoms with Gasteiger partial charge in [-0.2, -0.15) is 9.78 Å². The summed E-state index contributed by atoms with van der Waals surface area (Å²) in [6, 6.07) is 27.1. The number of methoxy groups -OCH3 is 1. The number of hydrogen-bond donors (Lipinski definition) is 1. The molecule has 218 valence electrons. The lowest BCUT2D eigenvalue weighted by molar-refractivity contribution is -0.124. The topological polar surface area (TPSA) is 90.4 Å². The molecule has 4 aromatic rings. The summed E-state index contributed by atoms with van der Waals surface area (Å²) < 4.78 is 6.76. The zero-order valence-corrected chi connectivity index (χ0v) is 25.4. The minimum atomic E-state index is -0.263. The molecular weight excluding hydrogens is 568 g/mol. The number of likely N-dealkylation sites (tertiary alicyclic amines) is 1. The minimum Gasteiger partial charge on any atom is -0.497 e. The molecule has 0 spiro atoms. The summed E-state index contributed by atoms with van der Waals surface area (Å²) in [4.78, 5) is 29.5. The van der Waals surface area contributed by atoms with Crippen molar-refractivity contribution in [3.63, 3.8) is 0 Å². The van der Waals surface area contributed by atoms with Crippen molar-refractivity contribution in [2.24, 2.45) is 11.7 Å². The Labute approximate surface area is 255 Å². The average Bonchev–Trinajstić information content (AvgIpc) is 3.02. The van der Waals surface area contributed by atoms with Crippen molar-refractivity contribution in [3.8, 4) is 11.4 Å². The number of benzene rings is 3. The lowest BCUT2D eigenvalue weighted by Crippen LogP contribution is -2.48. The third kappa shape index (κ3) is 7.06. The maximum absolute atomic E-state index is 13.7. The van der Waals surface area contributed by atoms with E-state index in [9.17, 15) is 9.59 Å². The molecule has 1 amide bonds. The third-order valence-electron chi connectivity index (χ3n) is 8.01. The maximum Gasteiger partial charge on any atom is 0.274 e. The number of primary amides is 1. The van der Waals surface area contributed by atoms with Gasteiger partial charge >= 0.3 is 0 Å². The van der Waals surface area contributed by atoms with Crippen LogP contribution in [0.4, 0.5) is 0 Å². The van der Waals surface area contributed by atoms with Crippen LogP contribution in [0, 0.1) is 5.92 Å². The minimum absolute atomic E-state index is 0.122. The van der Waals surface area contributed by atoms with Crippen LogP contribution in [-0.4, -0.2) is 46.8 Å². The first kappa shape index (κ1) is 29.9. The van der Waals surface area contributed by atoms with E-state index in [4.69, 9.17) is 27.2 Å². The molecular formula is C33H35ClN4O3S. The van der Waals surface area contributed by atoms with E-state index in [0.717, 1.165) is 29.8 Å². The summed E-state index contributed by atoms with van der Waals surface area (Å²) >= 11 is 7.56. The highest BCUT2D eigenvalue weighted by molar-refractivity contribution is 7.99. The summed E-state index contributed by atoms with van der Waals surface area (Å²) in [5.74, 6) is 0.315. The lowest BCUT2D eigenvalue weighted by Gasteiger charge is -2.40. The molecule has 9 heteroatoms. The molecule has 5 rings (SSSR count). The number of aryl methyl sites for hydroxylation is 1. The van der Waals surface area contributed by atoms with E-state index in [1.54, 1.807) is 7.11 Å². The van der Waals surface area contributed by atoms with E-state index in [1.807, 2.05) is 72.8 Å². The summed E-state index contributed by atoms with van der Waals surface area (Å²) in [5.41, 5.74) is 8.26. The maximum atomic E-state index is 13.7. The molecule has 0 radical (unpaired) electrons. The molecule has 42 heavy (non-hydrogen) atoms. The number of carbonyl (C=O) groups excluding carboxylic acids is 1. The van der Waals surface area contributed by atoms with Crippen LogP contribution in [0.1, 0.15) is 36.8 Å². The highest BCUT2D eigenvalue weighted by atomic mass is 35.5. The summed E-state index contributed by atoms with van der Waals surface area (Å²) in [6.45, 7) is 3.64. The largest absolute Gasteiger partial charge is 0.497 e. The van der Waals surface area contributed by atoms with Crippen LogP contribution in [0.25, 0.3) is 5.69 Å². The van der Waals surface area contributed by atoms with Crippen LogP contribution >= 0.6 is 23.4 Å². The van der Waals surface area contributed by atoms with Gasteiger partial charge in [0.1, 0.15) is 10.8 Å². The molecule has 3 atom stereocenters. The normalized spacial score (nSPS) is 18.0. The molecule has 1 aliphatic heterocycles. The van der Waals surface area contributed by atoms with Crippen molar-refractivity contribution in [3.05, 3.63) is 111 Å². The van der Waals surface area contributed by atoms with Crippen molar-refractivity contribution >= 4 is 29.3 Å². The van der Waals surface area contributed by atoms with Gasteiger partial charge in [0, 0.05) is 28.1 Å². The number of carbonyl (C=O) groups is 1. The number of piperidine rings is 1. The van der Waals surface area contributed by atoms with E-state index < -0.39 is 0 Å². The first-order valence-electron chi connectivity index (χ1n) is 14.1. The van der Waals surface area contributed by atoms with Gasteiger partial charge in [-0.05, 0) is 98.8 Å². The second-order valence-electron chi connectivity index (χ2n) is 10.7. The smallest absolute Gasteiger partial charge is 0.274 e. The lowest BCUT2D eigenvalue weighted by atomic mass is 9.79. The predicted octanol–water partition coefficient (Wildman–Crippen LogP) is 5.96. The number of amides is 1. The average molecular weight is 603 g/mol. The van der Waals surface area contributed by atoms with Gasteiger partial charge in [0.25, 0.3) is 5.56 Å². The number of ether oxygens (including phenoxy) is 1. The highest BCUT2D eigenvalue weighted by Gasteiger charge is 2.35. The van der Waals surface area contributed by atoms with Crippen molar-refractivity contribution < 1.29 is 9.53 Å². The van der Waals surface area contributed by atoms with Gasteiger partial charge in [-0.1, -0.05) is 53.7 Å². The number of aromatic nitrogens is 2. The van der Waals surface area contributed by atoms with Crippen molar-refractivity contribution in [1.82, 2.24) is 14.7 Å². The zero-order chi connectivity index (χ0) is 29.6. The van der Waals surface area contributed by atoms with Crippen molar-refractivity contribution in [1.29, 1.82) is 0 Å². The molecule has 2 heterocycles. The van der Waals surface area contributed by atoms with E-state index in [2.05, 4.69) is 24.0 Å². The molecule has 0 aliphatic carbocycles. The van der Waals surface area contributed by atoms with Gasteiger partial charge in [-0.3, -0.25) is 14.5 Å². The van der Waals surface area contributed by atoms with Crippen LogP contribution in [0.2, 0.25) is 5.02 Å². The Kier molecular flexibility index (Phi) is 9.67. The first-order chi connectivity index (χ1) is 20.3. The molecule has 0 saturated carbocycles. The standard InChI is InChI=1S/C33H35ClN4O3S/c1-22(37-19-18-29(30(21-37)32(35)39)23-6-4-3-5-7-23)8-9-24-20-31(42-28-16-10-25(34)11-17-28)36-38(33(24)40)26-12-14-27(41-2)15-13-26/h3-7,10-17,20,22,29-30H,8-9,18-19,21H2,1-2H3,(H2,35,39)/t22-,29+,30-/m1/s1. The number of nitrogens with zero attached hydrogens (tertiary/aromatic N) is 3. The Morgan fingerprint density at radius 2 is 1.81 bits per heavy atom. The number of hydrogen-bond acceptors (Lipinski definition) is 6. The fraction of sp³-hybridized carbons (Fsp3) is 0.303. The first-order valence-corrected chi connectivity index (χ1v) is 15.3. The summed E-state index contributed by atoms with van der Waals surface area (Å²) in [5, 5.41) is 6.07. The van der Waals surface area contributed by atoms with Gasteiger partial charge in [0.05, 0.1) is 18.7 Å². The quantitative estimate of drug-likeness (QED) is 0.241. The van der Waals surface area contributed by atoms with E-state index in [1.165, 1.54) is 16.4 Å². The Bertz CT molecular complexity index is 1560.